The number of hydrogen-bond donors (Lipinski definition) is 2. The van der Waals surface area contributed by atoms with Crippen molar-refractivity contribution in [2.24, 2.45) is 0 Å². The zero-order valence-electron chi connectivity index (χ0n) is 21.0. The number of aliphatic carboxylic acids is 1. The molecule has 0 aromatic heterocycles. The predicted molar refractivity (Wildman–Crippen MR) is 122 cm³/mol. The zero-order chi connectivity index (χ0) is 22.0. The van der Waals surface area contributed by atoms with Crippen molar-refractivity contribution in [3.63, 3.8) is 0 Å². The van der Waals surface area contributed by atoms with Crippen LogP contribution >= 0.6 is 0 Å². The van der Waals surface area contributed by atoms with Crippen molar-refractivity contribution in [2.45, 2.75) is 110 Å². The molecule has 180 valence electrons. The third-order valence-corrected chi connectivity index (χ3v) is 3.98. The van der Waals surface area contributed by atoms with Gasteiger partial charge in [0.2, 0.25) is 0 Å². The van der Waals surface area contributed by atoms with Crippen molar-refractivity contribution in [3.8, 4) is 0 Å². The number of carboxylic acids is 1. The van der Waals surface area contributed by atoms with Crippen LogP contribution in [0.2, 0.25) is 0 Å². The number of nitrogens with one attached hydrogen (secondary N) is 2. The highest BCUT2D eigenvalue weighted by Gasteiger charge is 1.94. The quantitative estimate of drug-likeness (QED) is 0.320. The number of unbranched alkanes of at least 4 members (excludes halogenated alkanes) is 14. The van der Waals surface area contributed by atoms with E-state index in [9.17, 15) is 9.90 Å². The molecule has 5 heteroatoms. The van der Waals surface area contributed by atoms with Crippen LogP contribution in [0, 0.1) is 0 Å². The monoisotopic (exact) mass is 438 g/mol. The maximum Gasteiger partial charge on any atom is 0.0661 e. The van der Waals surface area contributed by atoms with Crippen LogP contribution in [0.3, 0.4) is 0 Å². The second kappa shape index (κ2) is 32.3. The molecule has 0 aromatic carbocycles. The lowest BCUT2D eigenvalue weighted by Crippen LogP contribution is -3.02. The van der Waals surface area contributed by atoms with Gasteiger partial charge in [0, 0.05) is 5.97 Å². The summed E-state index contributed by atoms with van der Waals surface area (Å²) in [5.41, 5.74) is 0. The van der Waals surface area contributed by atoms with Crippen molar-refractivity contribution in [2.75, 3.05) is 42.3 Å². The van der Waals surface area contributed by atoms with Gasteiger partial charge >= 0.3 is 0 Å². The highest BCUT2D eigenvalue weighted by atomic mass is 35.5. The number of carbonyl (C=O) groups excluding carboxylic acids is 1. The van der Waals surface area contributed by atoms with Crippen LogP contribution in [0.5, 0.6) is 0 Å². The molecule has 0 aliphatic rings. The van der Waals surface area contributed by atoms with Crippen molar-refractivity contribution >= 4 is 5.97 Å². The Morgan fingerprint density at radius 2 is 0.759 bits per heavy atom. The molecule has 29 heavy (non-hydrogen) atoms. The van der Waals surface area contributed by atoms with Gasteiger partial charge < -0.3 is 32.1 Å². The predicted octanol–water partition coefficient (Wildman–Crippen LogP) is -0.477. The second-order valence-electron chi connectivity index (χ2n) is 9.07. The second-order valence-corrected chi connectivity index (χ2v) is 9.07. The van der Waals surface area contributed by atoms with E-state index in [0.29, 0.717) is 0 Å². The minimum absolute atomic E-state index is 0. The topological polar surface area (TPSA) is 49.0 Å². The van der Waals surface area contributed by atoms with Crippen LogP contribution in [-0.4, -0.2) is 48.3 Å². The summed E-state index contributed by atoms with van der Waals surface area (Å²) >= 11 is 0. The molecule has 0 saturated carbocycles. The average Bonchev–Trinajstić information content (AvgIpc) is 2.57. The van der Waals surface area contributed by atoms with Gasteiger partial charge in [-0.3, -0.25) is 0 Å². The smallest absolute Gasteiger partial charge is 0.0661 e. The average molecular weight is 439 g/mol. The molecular formula is C24H55ClN2O2. The first kappa shape index (κ1) is 36.1. The van der Waals surface area contributed by atoms with E-state index in [2.05, 4.69) is 49.2 Å². The third kappa shape index (κ3) is 65.6. The molecular weight excluding hydrogens is 384 g/mol. The van der Waals surface area contributed by atoms with Crippen molar-refractivity contribution < 1.29 is 32.1 Å². The van der Waals surface area contributed by atoms with E-state index in [1.54, 1.807) is 0 Å². The van der Waals surface area contributed by atoms with E-state index in [1.807, 2.05) is 0 Å². The first-order valence-electron chi connectivity index (χ1n) is 12.0. The molecule has 0 unspecified atom stereocenters. The van der Waals surface area contributed by atoms with Crippen molar-refractivity contribution in [1.29, 1.82) is 0 Å². The highest BCUT2D eigenvalue weighted by Crippen LogP contribution is 2.13. The first-order valence-corrected chi connectivity index (χ1v) is 12.0. The fourth-order valence-corrected chi connectivity index (χ4v) is 2.64. The van der Waals surface area contributed by atoms with Crippen LogP contribution in [-0.2, 0) is 4.79 Å². The Kier molecular flexibility index (Phi) is 40.2. The summed E-state index contributed by atoms with van der Waals surface area (Å²) in [4.78, 5) is 13.1. The summed E-state index contributed by atoms with van der Waals surface area (Å²) in [6.45, 7) is 2.27. The number of carboxylic acid groups (broad SMARTS) is 1. The normalized spacial score (nSPS) is 9.97. The lowest BCUT2D eigenvalue weighted by atomic mass is 10.0. The molecule has 0 bridgehead atoms. The molecule has 0 rings (SSSR count). The lowest BCUT2D eigenvalue weighted by Gasteiger charge is -2.04. The summed E-state index contributed by atoms with van der Waals surface area (Å²) in [5.74, 6) is -0.903. The van der Waals surface area contributed by atoms with E-state index >= 15 is 0 Å². The van der Waals surface area contributed by atoms with Gasteiger partial charge in [-0.25, -0.2) is 0 Å². The van der Waals surface area contributed by atoms with Gasteiger partial charge in [0.1, 0.15) is 0 Å². The minimum atomic E-state index is -0.903. The van der Waals surface area contributed by atoms with E-state index in [0.717, 1.165) is 12.8 Å². The van der Waals surface area contributed by atoms with E-state index < -0.39 is 5.97 Å². The summed E-state index contributed by atoms with van der Waals surface area (Å²) in [6.07, 6.45) is 19.9. The Morgan fingerprint density at radius 1 is 0.552 bits per heavy atom. The molecule has 0 aromatic rings. The van der Waals surface area contributed by atoms with E-state index in [1.165, 1.54) is 93.3 Å². The van der Waals surface area contributed by atoms with Gasteiger partial charge in [-0.15, -0.1) is 0 Å². The van der Waals surface area contributed by atoms with Gasteiger partial charge in [0.25, 0.3) is 0 Å². The highest BCUT2D eigenvalue weighted by molar-refractivity contribution is 5.63. The lowest BCUT2D eigenvalue weighted by molar-refractivity contribution is -0.836. The Morgan fingerprint density at radius 3 is 0.966 bits per heavy atom. The van der Waals surface area contributed by atoms with Crippen molar-refractivity contribution in [1.82, 2.24) is 0 Å². The standard InChI is InChI=1S/C18H36O2.2C3H9N.ClH/c1-2-3-4-5-6-7-8-9-10-11-12-13-14-15-16-17-18(19)20;2*1-4(2)3;/h2-17H2,1H3,(H,19,20);2*1-3H3;1H. The number of rotatable bonds is 16. The van der Waals surface area contributed by atoms with Gasteiger partial charge in [0.15, 0.2) is 0 Å². The molecule has 0 aliphatic carbocycles. The Bertz CT molecular complexity index is 277. The summed E-state index contributed by atoms with van der Waals surface area (Å²) in [5, 5.41) is 10.2. The van der Waals surface area contributed by atoms with Gasteiger partial charge in [-0.1, -0.05) is 96.8 Å². The van der Waals surface area contributed by atoms with Crippen LogP contribution in [0.1, 0.15) is 110 Å². The molecule has 2 N–H and O–H groups in total. The van der Waals surface area contributed by atoms with Crippen LogP contribution in [0.25, 0.3) is 0 Å². The maximum absolute atomic E-state index is 10.2. The van der Waals surface area contributed by atoms with Gasteiger partial charge in [0.05, 0.1) is 42.3 Å². The maximum atomic E-state index is 10.2. The molecule has 0 amide bonds. The fourth-order valence-electron chi connectivity index (χ4n) is 2.64. The molecule has 0 spiro atoms. The first-order chi connectivity index (χ1) is 13.2. The molecule has 0 radical (unpaired) electrons. The molecule has 0 heterocycles. The Labute approximate surface area is 190 Å². The van der Waals surface area contributed by atoms with Crippen LogP contribution in [0.15, 0.2) is 0 Å². The molecule has 4 nitrogen and oxygen atoms in total. The number of halogens is 1. The fraction of sp³-hybridized carbons (Fsp3) is 0.958. The molecule has 0 saturated heterocycles. The van der Waals surface area contributed by atoms with Crippen LogP contribution < -0.4 is 27.3 Å². The number of quaternary nitrogens is 2. The molecule has 0 fully saturated rings. The number of carbonyl (C=O) groups is 1. The molecule has 0 aliphatic heterocycles. The third-order valence-electron chi connectivity index (χ3n) is 3.98. The Hall–Kier alpha value is -0.320. The summed E-state index contributed by atoms with van der Waals surface area (Å²) in [7, 11) is 12.5. The van der Waals surface area contributed by atoms with Gasteiger partial charge in [-0.05, 0) is 12.8 Å². The van der Waals surface area contributed by atoms with Crippen molar-refractivity contribution in [3.05, 3.63) is 0 Å². The number of hydrogen-bond acceptors (Lipinski definition) is 2. The van der Waals surface area contributed by atoms with E-state index in [4.69, 9.17) is 0 Å². The van der Waals surface area contributed by atoms with Crippen LogP contribution in [0.4, 0.5) is 0 Å². The summed E-state index contributed by atoms with van der Waals surface area (Å²) in [6, 6.07) is 0. The van der Waals surface area contributed by atoms with Gasteiger partial charge in [-0.2, -0.15) is 0 Å². The Balaban J connectivity index is -0.000000294. The molecule has 0 atom stereocenters. The SMILES string of the molecule is CCCCCCCCCCCCCCCCCC(=O)[O-].C[NH+](C)C.C[NH+](C)C.[Cl-]. The zero-order valence-corrected chi connectivity index (χ0v) is 21.8. The van der Waals surface area contributed by atoms with E-state index in [-0.39, 0.29) is 18.8 Å². The minimum Gasteiger partial charge on any atom is -1.00 e. The largest absolute Gasteiger partial charge is 1.00 e. The summed E-state index contributed by atoms with van der Waals surface area (Å²) < 4.78 is 0.